The van der Waals surface area contributed by atoms with Crippen LogP contribution in [0.1, 0.15) is 41.8 Å². The minimum atomic E-state index is -0.0189. The van der Waals surface area contributed by atoms with E-state index in [9.17, 15) is 4.79 Å². The minimum absolute atomic E-state index is 0.0189. The van der Waals surface area contributed by atoms with E-state index in [1.165, 1.54) is 11.1 Å². The fraction of sp³-hybridized carbons (Fsp3) is 0.300. The van der Waals surface area contributed by atoms with Crippen LogP contribution in [0, 0.1) is 0 Å². The summed E-state index contributed by atoms with van der Waals surface area (Å²) in [6.45, 7) is 0.646. The zero-order valence-corrected chi connectivity index (χ0v) is 14.2. The number of fused-ring (bicyclic) bond motifs is 1. The topological polar surface area (TPSA) is 72.1 Å². The highest BCUT2D eigenvalue weighted by Gasteiger charge is 2.39. The van der Waals surface area contributed by atoms with Gasteiger partial charge in [-0.1, -0.05) is 29.4 Å². The molecule has 1 aliphatic heterocycles. The summed E-state index contributed by atoms with van der Waals surface area (Å²) < 4.78 is 5.40. The van der Waals surface area contributed by atoms with Gasteiger partial charge < -0.3 is 9.42 Å². The number of hydrogen-bond donors (Lipinski definition) is 0. The molecular formula is C20H18N4O2. The molecule has 1 aromatic carbocycles. The monoisotopic (exact) mass is 346 g/mol. The van der Waals surface area contributed by atoms with Crippen molar-refractivity contribution in [3.8, 4) is 11.5 Å². The van der Waals surface area contributed by atoms with E-state index in [-0.39, 0.29) is 17.9 Å². The Kier molecular flexibility index (Phi) is 3.55. The van der Waals surface area contributed by atoms with Gasteiger partial charge in [0.25, 0.3) is 5.89 Å². The molecule has 3 aromatic rings. The van der Waals surface area contributed by atoms with Crippen LogP contribution >= 0.6 is 0 Å². The smallest absolute Gasteiger partial charge is 0.258 e. The first kappa shape index (κ1) is 15.3. The molecule has 1 aliphatic carbocycles. The lowest BCUT2D eigenvalue weighted by Gasteiger charge is -2.25. The highest BCUT2D eigenvalue weighted by Crippen LogP contribution is 2.40. The molecule has 26 heavy (non-hydrogen) atoms. The van der Waals surface area contributed by atoms with Crippen molar-refractivity contribution in [2.75, 3.05) is 6.54 Å². The molecule has 5 rings (SSSR count). The largest absolute Gasteiger partial charge is 0.335 e. The molecule has 2 aliphatic rings. The van der Waals surface area contributed by atoms with Gasteiger partial charge in [-0.25, -0.2) is 0 Å². The van der Waals surface area contributed by atoms with Crippen LogP contribution in [0.4, 0.5) is 0 Å². The van der Waals surface area contributed by atoms with Gasteiger partial charge in [0.15, 0.2) is 5.82 Å². The number of aryl methyl sites for hydroxylation is 1. The van der Waals surface area contributed by atoms with E-state index in [0.717, 1.165) is 18.4 Å². The van der Waals surface area contributed by atoms with Crippen molar-refractivity contribution in [1.82, 2.24) is 20.0 Å². The van der Waals surface area contributed by atoms with Crippen LogP contribution in [0.3, 0.4) is 0 Å². The molecule has 2 unspecified atom stereocenters. The van der Waals surface area contributed by atoms with Crippen LogP contribution in [-0.2, 0) is 11.2 Å². The summed E-state index contributed by atoms with van der Waals surface area (Å²) >= 11 is 0. The van der Waals surface area contributed by atoms with Gasteiger partial charge in [-0.05, 0) is 36.1 Å². The highest BCUT2D eigenvalue weighted by atomic mass is 16.5. The SMILES string of the molecule is O=C1CC(c2noc(-c3ccncc3)n2)CN1C1CCc2ccccc21. The predicted molar refractivity (Wildman–Crippen MR) is 94.1 cm³/mol. The van der Waals surface area contributed by atoms with Crippen molar-refractivity contribution in [1.29, 1.82) is 0 Å². The van der Waals surface area contributed by atoms with E-state index in [2.05, 4.69) is 39.4 Å². The number of rotatable bonds is 3. The summed E-state index contributed by atoms with van der Waals surface area (Å²) in [6, 6.07) is 12.3. The molecule has 1 amide bonds. The molecule has 1 saturated heterocycles. The number of amides is 1. The van der Waals surface area contributed by atoms with Crippen molar-refractivity contribution >= 4 is 5.91 Å². The van der Waals surface area contributed by atoms with Crippen molar-refractivity contribution in [3.05, 3.63) is 65.7 Å². The quantitative estimate of drug-likeness (QED) is 0.728. The number of carbonyl (C=O) groups is 1. The predicted octanol–water partition coefficient (Wildman–Crippen LogP) is 3.14. The van der Waals surface area contributed by atoms with Crippen LogP contribution in [0.5, 0.6) is 0 Å². The average Bonchev–Trinajstić information content (AvgIpc) is 3.40. The van der Waals surface area contributed by atoms with Gasteiger partial charge in [0, 0.05) is 36.8 Å². The van der Waals surface area contributed by atoms with Crippen LogP contribution in [0.2, 0.25) is 0 Å². The van der Waals surface area contributed by atoms with Gasteiger partial charge in [-0.3, -0.25) is 9.78 Å². The summed E-state index contributed by atoms with van der Waals surface area (Å²) in [5.41, 5.74) is 3.48. The maximum absolute atomic E-state index is 12.7. The van der Waals surface area contributed by atoms with Crippen molar-refractivity contribution in [2.45, 2.75) is 31.2 Å². The van der Waals surface area contributed by atoms with E-state index in [0.29, 0.717) is 24.7 Å². The fourth-order valence-electron chi connectivity index (χ4n) is 4.08. The third kappa shape index (κ3) is 2.49. The molecule has 3 heterocycles. The number of benzene rings is 1. The molecule has 1 fully saturated rings. The van der Waals surface area contributed by atoms with Gasteiger partial charge in [-0.2, -0.15) is 4.98 Å². The first-order valence-electron chi connectivity index (χ1n) is 8.91. The van der Waals surface area contributed by atoms with Gasteiger partial charge in [0.2, 0.25) is 5.91 Å². The molecule has 0 saturated carbocycles. The second-order valence-corrected chi connectivity index (χ2v) is 6.89. The Labute approximate surface area is 150 Å². The molecule has 130 valence electrons. The van der Waals surface area contributed by atoms with Gasteiger partial charge >= 0.3 is 0 Å². The first-order valence-corrected chi connectivity index (χ1v) is 8.91. The van der Waals surface area contributed by atoms with E-state index < -0.39 is 0 Å². The Morgan fingerprint density at radius 2 is 1.96 bits per heavy atom. The van der Waals surface area contributed by atoms with Gasteiger partial charge in [-0.15, -0.1) is 0 Å². The van der Waals surface area contributed by atoms with Crippen LogP contribution in [-0.4, -0.2) is 32.5 Å². The molecule has 0 N–H and O–H groups in total. The molecule has 0 spiro atoms. The number of pyridine rings is 1. The molecule has 6 heteroatoms. The molecular weight excluding hydrogens is 328 g/mol. The maximum atomic E-state index is 12.7. The summed E-state index contributed by atoms with van der Waals surface area (Å²) in [6.07, 6.45) is 5.85. The Bertz CT molecular complexity index is 953. The third-order valence-electron chi connectivity index (χ3n) is 5.37. The van der Waals surface area contributed by atoms with E-state index >= 15 is 0 Å². The summed E-state index contributed by atoms with van der Waals surface area (Å²) in [5, 5.41) is 4.13. The highest BCUT2D eigenvalue weighted by molar-refractivity contribution is 5.80. The van der Waals surface area contributed by atoms with Crippen molar-refractivity contribution in [2.24, 2.45) is 0 Å². The van der Waals surface area contributed by atoms with Crippen LogP contribution in [0.15, 0.2) is 53.3 Å². The Hall–Kier alpha value is -3.02. The Morgan fingerprint density at radius 1 is 1.12 bits per heavy atom. The first-order chi connectivity index (χ1) is 12.8. The Balaban J connectivity index is 1.37. The summed E-state index contributed by atoms with van der Waals surface area (Å²) in [4.78, 5) is 23.2. The minimum Gasteiger partial charge on any atom is -0.335 e. The van der Waals surface area contributed by atoms with Crippen molar-refractivity contribution in [3.63, 3.8) is 0 Å². The molecule has 2 aromatic heterocycles. The molecule has 2 atom stereocenters. The van der Waals surface area contributed by atoms with Crippen LogP contribution in [0.25, 0.3) is 11.5 Å². The summed E-state index contributed by atoms with van der Waals surface area (Å²) in [7, 11) is 0. The lowest BCUT2D eigenvalue weighted by atomic mass is 10.1. The summed E-state index contributed by atoms with van der Waals surface area (Å²) in [5.74, 6) is 1.24. The average molecular weight is 346 g/mol. The second-order valence-electron chi connectivity index (χ2n) is 6.89. The van der Waals surface area contributed by atoms with E-state index in [4.69, 9.17) is 4.52 Å². The molecule has 0 radical (unpaired) electrons. The standard InChI is InChI=1S/C20H18N4O2/c25-18-11-15(19-22-20(26-23-19)14-7-9-21-10-8-14)12-24(18)17-6-5-13-3-1-2-4-16(13)17/h1-4,7-10,15,17H,5-6,11-12H2. The lowest BCUT2D eigenvalue weighted by Crippen LogP contribution is -2.28. The number of likely N-dealkylation sites (tertiary alicyclic amines) is 1. The Morgan fingerprint density at radius 3 is 2.85 bits per heavy atom. The van der Waals surface area contributed by atoms with Gasteiger partial charge in [0.1, 0.15) is 0 Å². The zero-order chi connectivity index (χ0) is 17.5. The van der Waals surface area contributed by atoms with E-state index in [1.807, 2.05) is 17.0 Å². The number of nitrogens with zero attached hydrogens (tertiary/aromatic N) is 4. The molecule has 0 bridgehead atoms. The van der Waals surface area contributed by atoms with Crippen LogP contribution < -0.4 is 0 Å². The van der Waals surface area contributed by atoms with Gasteiger partial charge in [0.05, 0.1) is 6.04 Å². The fourth-order valence-corrected chi connectivity index (χ4v) is 4.08. The zero-order valence-electron chi connectivity index (χ0n) is 14.2. The van der Waals surface area contributed by atoms with Crippen molar-refractivity contribution < 1.29 is 9.32 Å². The normalized spacial score (nSPS) is 22.0. The number of carbonyl (C=O) groups excluding carboxylic acids is 1. The third-order valence-corrected chi connectivity index (χ3v) is 5.37. The van der Waals surface area contributed by atoms with E-state index in [1.54, 1.807) is 12.4 Å². The second kappa shape index (κ2) is 6.05. The maximum Gasteiger partial charge on any atom is 0.258 e. The lowest BCUT2D eigenvalue weighted by molar-refractivity contribution is -0.129. The number of aromatic nitrogens is 3. The number of hydrogen-bond acceptors (Lipinski definition) is 5. The molecule has 6 nitrogen and oxygen atoms in total.